The fourth-order valence-electron chi connectivity index (χ4n) is 1.79. The van der Waals surface area contributed by atoms with Gasteiger partial charge in [-0.2, -0.15) is 0 Å². The molecule has 0 aliphatic heterocycles. The van der Waals surface area contributed by atoms with Crippen LogP contribution in [-0.4, -0.2) is 17.4 Å². The highest BCUT2D eigenvalue weighted by atomic mass is 32.1. The van der Waals surface area contributed by atoms with Gasteiger partial charge < -0.3 is 11.1 Å². The molecule has 18 heavy (non-hydrogen) atoms. The molecule has 0 saturated carbocycles. The molecular weight excluding hydrogens is 246 g/mol. The highest BCUT2D eigenvalue weighted by Gasteiger charge is 2.33. The number of hydrogen-bond acceptors (Lipinski definition) is 4. The van der Waals surface area contributed by atoms with E-state index in [0.29, 0.717) is 17.6 Å². The lowest BCUT2D eigenvalue weighted by Crippen LogP contribution is -2.41. The Kier molecular flexibility index (Phi) is 5.28. The Labute approximate surface area is 113 Å². The molecule has 0 aromatic carbocycles. The molecule has 0 unspecified atom stereocenters. The zero-order valence-corrected chi connectivity index (χ0v) is 12.4. The van der Waals surface area contributed by atoms with Crippen LogP contribution in [0.2, 0.25) is 0 Å². The van der Waals surface area contributed by atoms with Gasteiger partial charge in [-0.05, 0) is 18.8 Å². The lowest BCUT2D eigenvalue weighted by Gasteiger charge is -2.27. The summed E-state index contributed by atoms with van der Waals surface area (Å²) >= 11 is 1.47. The Morgan fingerprint density at radius 3 is 2.50 bits per heavy atom. The Bertz CT molecular complexity index is 388. The number of carbonyl (C=O) groups is 1. The van der Waals surface area contributed by atoms with E-state index in [1.54, 1.807) is 0 Å². The van der Waals surface area contributed by atoms with Crippen molar-refractivity contribution in [3.8, 4) is 0 Å². The molecule has 0 fully saturated rings. The van der Waals surface area contributed by atoms with E-state index < -0.39 is 5.41 Å². The second-order valence-corrected chi connectivity index (χ2v) is 5.74. The largest absolute Gasteiger partial charge is 0.329 e. The number of thiazole rings is 1. The van der Waals surface area contributed by atoms with Gasteiger partial charge in [0.25, 0.3) is 0 Å². The number of nitrogens with zero attached hydrogens (tertiary/aromatic N) is 1. The average molecular weight is 269 g/mol. The fourth-order valence-corrected chi connectivity index (χ4v) is 2.66. The summed E-state index contributed by atoms with van der Waals surface area (Å²) < 4.78 is 0. The molecule has 1 aromatic heterocycles. The summed E-state index contributed by atoms with van der Waals surface area (Å²) in [4.78, 5) is 16.7. The van der Waals surface area contributed by atoms with Crippen LogP contribution in [0.15, 0.2) is 5.38 Å². The lowest BCUT2D eigenvalue weighted by molar-refractivity contribution is -0.125. The fraction of sp³-hybridized carbons (Fsp3) is 0.692. The van der Waals surface area contributed by atoms with Gasteiger partial charge in [-0.3, -0.25) is 4.79 Å². The molecule has 0 aliphatic rings. The molecule has 0 atom stereocenters. The predicted octanol–water partition coefficient (Wildman–Crippen LogP) is 2.97. The minimum absolute atomic E-state index is 0.0142. The van der Waals surface area contributed by atoms with Crippen LogP contribution in [0.4, 0.5) is 5.13 Å². The number of hydrogen-bond donors (Lipinski definition) is 2. The van der Waals surface area contributed by atoms with Gasteiger partial charge in [0.15, 0.2) is 5.13 Å². The number of aromatic nitrogens is 1. The number of nitrogens with one attached hydrogen (secondary N) is 1. The topological polar surface area (TPSA) is 68.0 Å². The zero-order valence-electron chi connectivity index (χ0n) is 11.6. The highest BCUT2D eigenvalue weighted by Crippen LogP contribution is 2.28. The molecule has 0 aliphatic carbocycles. The quantitative estimate of drug-likeness (QED) is 0.834. The van der Waals surface area contributed by atoms with Crippen LogP contribution in [0.1, 0.15) is 52.1 Å². The first-order valence-electron chi connectivity index (χ1n) is 6.46. The Morgan fingerprint density at radius 1 is 1.50 bits per heavy atom. The van der Waals surface area contributed by atoms with E-state index in [1.807, 2.05) is 19.2 Å². The molecule has 0 spiro atoms. The van der Waals surface area contributed by atoms with Crippen molar-refractivity contribution in [1.29, 1.82) is 0 Å². The number of nitrogens with two attached hydrogens (primary N) is 1. The zero-order chi connectivity index (χ0) is 13.8. The van der Waals surface area contributed by atoms with Crippen LogP contribution in [0.5, 0.6) is 0 Å². The molecule has 4 nitrogen and oxygen atoms in total. The third-order valence-corrected chi connectivity index (χ3v) is 4.34. The maximum Gasteiger partial charge on any atom is 0.233 e. The van der Waals surface area contributed by atoms with Gasteiger partial charge in [0, 0.05) is 11.9 Å². The van der Waals surface area contributed by atoms with Gasteiger partial charge in [0.2, 0.25) is 5.91 Å². The van der Waals surface area contributed by atoms with E-state index >= 15 is 0 Å². The van der Waals surface area contributed by atoms with Gasteiger partial charge in [-0.1, -0.05) is 27.7 Å². The smallest absolute Gasteiger partial charge is 0.233 e. The summed E-state index contributed by atoms with van der Waals surface area (Å²) in [5.74, 6) is 0.364. The molecule has 1 aromatic rings. The summed E-state index contributed by atoms with van der Waals surface area (Å²) in [6, 6.07) is 0. The van der Waals surface area contributed by atoms with Crippen molar-refractivity contribution in [2.45, 2.75) is 46.5 Å². The first-order valence-corrected chi connectivity index (χ1v) is 7.34. The molecule has 0 saturated heterocycles. The highest BCUT2D eigenvalue weighted by molar-refractivity contribution is 7.13. The molecule has 0 radical (unpaired) electrons. The van der Waals surface area contributed by atoms with Crippen LogP contribution in [-0.2, 0) is 4.79 Å². The monoisotopic (exact) mass is 269 g/mol. The second kappa shape index (κ2) is 6.29. The van der Waals surface area contributed by atoms with Gasteiger partial charge in [-0.15, -0.1) is 11.3 Å². The van der Waals surface area contributed by atoms with Gasteiger partial charge in [0.05, 0.1) is 11.1 Å². The third-order valence-electron chi connectivity index (χ3n) is 3.56. The maximum absolute atomic E-state index is 12.3. The van der Waals surface area contributed by atoms with Crippen molar-refractivity contribution in [2.24, 2.45) is 11.1 Å². The number of rotatable bonds is 6. The summed E-state index contributed by atoms with van der Waals surface area (Å²) in [5.41, 5.74) is 6.31. The molecule has 102 valence electrons. The van der Waals surface area contributed by atoms with Gasteiger partial charge in [0.1, 0.15) is 0 Å². The number of amides is 1. The minimum Gasteiger partial charge on any atom is -0.329 e. The Balaban J connectivity index is 2.79. The first kappa shape index (κ1) is 15.1. The number of anilines is 1. The molecule has 1 heterocycles. The molecule has 5 heteroatoms. The summed E-state index contributed by atoms with van der Waals surface area (Å²) in [6.45, 7) is 8.54. The second-order valence-electron chi connectivity index (χ2n) is 4.88. The Hall–Kier alpha value is -0.940. The van der Waals surface area contributed by atoms with E-state index in [1.165, 1.54) is 11.3 Å². The molecular formula is C13H23N3OS. The molecule has 1 rings (SSSR count). The van der Waals surface area contributed by atoms with Crippen LogP contribution >= 0.6 is 11.3 Å². The van der Waals surface area contributed by atoms with Crippen molar-refractivity contribution in [1.82, 2.24) is 4.98 Å². The molecule has 1 amide bonds. The lowest BCUT2D eigenvalue weighted by atomic mass is 9.81. The van der Waals surface area contributed by atoms with Crippen LogP contribution in [0.25, 0.3) is 0 Å². The molecule has 0 bridgehead atoms. The SMILES string of the molecule is CCC(CC)(CN)C(=O)Nc1nc(C(C)C)cs1. The van der Waals surface area contributed by atoms with Gasteiger partial charge in [-0.25, -0.2) is 4.98 Å². The summed E-state index contributed by atoms with van der Waals surface area (Å²) in [5, 5.41) is 5.56. The summed E-state index contributed by atoms with van der Waals surface area (Å²) in [7, 11) is 0. The minimum atomic E-state index is -0.469. The normalized spacial score (nSPS) is 11.9. The van der Waals surface area contributed by atoms with E-state index in [4.69, 9.17) is 5.73 Å². The standard InChI is InChI=1S/C13H23N3OS/c1-5-13(6-2,8-14)11(17)16-12-15-10(7-18-12)9(3)4/h7,9H,5-6,8,14H2,1-4H3,(H,15,16,17). The van der Waals surface area contributed by atoms with E-state index in [-0.39, 0.29) is 5.91 Å². The van der Waals surface area contributed by atoms with Crippen molar-refractivity contribution in [2.75, 3.05) is 11.9 Å². The van der Waals surface area contributed by atoms with Crippen molar-refractivity contribution in [3.05, 3.63) is 11.1 Å². The van der Waals surface area contributed by atoms with E-state index in [0.717, 1.165) is 18.5 Å². The number of carbonyl (C=O) groups excluding carboxylic acids is 1. The van der Waals surface area contributed by atoms with Crippen molar-refractivity contribution < 1.29 is 4.79 Å². The van der Waals surface area contributed by atoms with Crippen LogP contribution < -0.4 is 11.1 Å². The summed E-state index contributed by atoms with van der Waals surface area (Å²) in [6.07, 6.45) is 1.49. The first-order chi connectivity index (χ1) is 8.49. The third kappa shape index (κ3) is 3.09. The average Bonchev–Trinajstić information content (AvgIpc) is 2.81. The van der Waals surface area contributed by atoms with Crippen LogP contribution in [0.3, 0.4) is 0 Å². The van der Waals surface area contributed by atoms with Gasteiger partial charge >= 0.3 is 0 Å². The maximum atomic E-state index is 12.3. The Morgan fingerprint density at radius 2 is 2.11 bits per heavy atom. The van der Waals surface area contributed by atoms with Crippen molar-refractivity contribution in [3.63, 3.8) is 0 Å². The van der Waals surface area contributed by atoms with Crippen molar-refractivity contribution >= 4 is 22.4 Å². The predicted molar refractivity (Wildman–Crippen MR) is 76.9 cm³/mol. The van der Waals surface area contributed by atoms with E-state index in [9.17, 15) is 4.79 Å². The van der Waals surface area contributed by atoms with Crippen LogP contribution in [0, 0.1) is 5.41 Å². The molecule has 3 N–H and O–H groups in total. The van der Waals surface area contributed by atoms with E-state index in [2.05, 4.69) is 24.1 Å².